The number of nitrogens with zero attached hydrogens (tertiary/aromatic N) is 2. The minimum absolute atomic E-state index is 0.0265. The molecule has 0 aromatic heterocycles. The van der Waals surface area contributed by atoms with Crippen molar-refractivity contribution in [3.8, 4) is 0 Å². The molecule has 0 aliphatic carbocycles. The van der Waals surface area contributed by atoms with E-state index in [2.05, 4.69) is 15.6 Å². The molecule has 1 fully saturated rings. The van der Waals surface area contributed by atoms with E-state index >= 15 is 0 Å². The number of benzene rings is 2. The molecule has 8 nitrogen and oxygen atoms in total. The highest BCUT2D eigenvalue weighted by Crippen LogP contribution is 2.25. The molecule has 26 heavy (non-hydrogen) atoms. The van der Waals surface area contributed by atoms with Crippen LogP contribution in [0.25, 0.3) is 0 Å². The van der Waals surface area contributed by atoms with Crippen molar-refractivity contribution in [1.29, 1.82) is 0 Å². The molecule has 1 heterocycles. The Bertz CT molecular complexity index is 868. The van der Waals surface area contributed by atoms with E-state index in [9.17, 15) is 19.7 Å². The summed E-state index contributed by atoms with van der Waals surface area (Å²) in [6.07, 6.45) is -0.0265. The van der Waals surface area contributed by atoms with E-state index in [1.54, 1.807) is 0 Å². The van der Waals surface area contributed by atoms with Crippen molar-refractivity contribution in [1.82, 2.24) is 5.32 Å². The van der Waals surface area contributed by atoms with Gasteiger partial charge >= 0.3 is 0 Å². The number of para-hydroxylation sites is 1. The van der Waals surface area contributed by atoms with E-state index in [0.717, 1.165) is 0 Å². The lowest BCUT2D eigenvalue weighted by Crippen LogP contribution is -2.28. The van der Waals surface area contributed by atoms with E-state index in [1.165, 1.54) is 36.0 Å². The topological polar surface area (TPSA) is 114 Å². The van der Waals surface area contributed by atoms with E-state index in [0.29, 0.717) is 16.5 Å². The van der Waals surface area contributed by atoms with Crippen LogP contribution in [0.4, 0.5) is 17.1 Å². The number of nitro groups is 1. The summed E-state index contributed by atoms with van der Waals surface area (Å²) < 4.78 is 0. The van der Waals surface area contributed by atoms with Crippen molar-refractivity contribution >= 4 is 45.8 Å². The van der Waals surface area contributed by atoms with E-state index in [-0.39, 0.29) is 23.9 Å². The molecule has 2 aromatic rings. The van der Waals surface area contributed by atoms with Gasteiger partial charge in [-0.1, -0.05) is 30.0 Å². The molecule has 1 aliphatic heterocycles. The minimum Gasteiger partial charge on any atom is -0.326 e. The van der Waals surface area contributed by atoms with Crippen LogP contribution < -0.4 is 10.6 Å². The Morgan fingerprint density at radius 2 is 1.88 bits per heavy atom. The summed E-state index contributed by atoms with van der Waals surface area (Å²) in [5.74, 6) is -0.629. The number of amidine groups is 1. The van der Waals surface area contributed by atoms with Crippen molar-refractivity contribution in [2.75, 3.05) is 5.32 Å². The van der Waals surface area contributed by atoms with E-state index in [4.69, 9.17) is 0 Å². The number of anilines is 1. The van der Waals surface area contributed by atoms with Gasteiger partial charge in [-0.2, -0.15) is 0 Å². The fourth-order valence-corrected chi connectivity index (χ4v) is 3.25. The van der Waals surface area contributed by atoms with Crippen molar-refractivity contribution in [3.05, 3.63) is 64.7 Å². The first-order chi connectivity index (χ1) is 12.5. The van der Waals surface area contributed by atoms with Gasteiger partial charge in [-0.05, 0) is 24.3 Å². The molecule has 1 aliphatic rings. The van der Waals surface area contributed by atoms with E-state index in [1.807, 2.05) is 30.3 Å². The van der Waals surface area contributed by atoms with Gasteiger partial charge in [0.25, 0.3) is 5.69 Å². The molecule has 0 radical (unpaired) electrons. The third-order valence-electron chi connectivity index (χ3n) is 3.50. The third kappa shape index (κ3) is 4.45. The second-order valence-corrected chi connectivity index (χ2v) is 6.60. The Kier molecular flexibility index (Phi) is 5.28. The highest BCUT2D eigenvalue weighted by molar-refractivity contribution is 8.15. The van der Waals surface area contributed by atoms with Gasteiger partial charge in [0.15, 0.2) is 5.17 Å². The van der Waals surface area contributed by atoms with Gasteiger partial charge in [0.1, 0.15) is 5.25 Å². The van der Waals surface area contributed by atoms with Gasteiger partial charge in [-0.25, -0.2) is 4.99 Å². The number of carbonyl (C=O) groups excluding carboxylic acids is 2. The number of carbonyl (C=O) groups is 2. The molecule has 2 amide bonds. The summed E-state index contributed by atoms with van der Waals surface area (Å²) in [5, 5.41) is 15.8. The largest absolute Gasteiger partial charge is 0.326 e. The average Bonchev–Trinajstić information content (AvgIpc) is 2.95. The smallest absolute Gasteiger partial charge is 0.269 e. The monoisotopic (exact) mass is 370 g/mol. The molecule has 0 spiro atoms. The number of amides is 2. The summed E-state index contributed by atoms with van der Waals surface area (Å²) >= 11 is 1.20. The lowest BCUT2D eigenvalue weighted by molar-refractivity contribution is -0.384. The number of non-ortho nitro benzene ring substituents is 1. The molecule has 0 saturated carbocycles. The molecule has 132 valence electrons. The standard InChI is InChI=1S/C17H14N4O4S/c22-15(18-12-6-8-13(9-7-12)21(24)25)10-14-16(23)20-17(26-14)19-11-4-2-1-3-5-11/h1-9,14H,10H2,(H,18,22)(H,19,20,23)/t14-/m1/s1. The second-order valence-electron chi connectivity index (χ2n) is 5.40. The number of nitrogens with one attached hydrogen (secondary N) is 2. The van der Waals surface area contributed by atoms with Crippen molar-refractivity contribution in [2.24, 2.45) is 4.99 Å². The predicted octanol–water partition coefficient (Wildman–Crippen LogP) is 2.84. The van der Waals surface area contributed by atoms with Crippen molar-refractivity contribution < 1.29 is 14.5 Å². The molecule has 2 N–H and O–H groups in total. The summed E-state index contributed by atoms with van der Waals surface area (Å²) in [6.45, 7) is 0. The summed E-state index contributed by atoms with van der Waals surface area (Å²) in [4.78, 5) is 38.6. The zero-order valence-electron chi connectivity index (χ0n) is 13.4. The average molecular weight is 370 g/mol. The van der Waals surface area contributed by atoms with Gasteiger partial charge in [-0.15, -0.1) is 0 Å². The van der Waals surface area contributed by atoms with Crippen LogP contribution in [0.2, 0.25) is 0 Å². The first-order valence-electron chi connectivity index (χ1n) is 7.67. The predicted molar refractivity (Wildman–Crippen MR) is 99.4 cm³/mol. The Labute approximate surface area is 152 Å². The Morgan fingerprint density at radius 3 is 2.54 bits per heavy atom. The van der Waals surface area contributed by atoms with Crippen molar-refractivity contribution in [3.63, 3.8) is 0 Å². The number of hydrogen-bond acceptors (Lipinski definition) is 6. The fourth-order valence-electron chi connectivity index (χ4n) is 2.26. The molecular formula is C17H14N4O4S. The maximum absolute atomic E-state index is 12.1. The molecule has 0 unspecified atom stereocenters. The van der Waals surface area contributed by atoms with Crippen LogP contribution in [-0.2, 0) is 9.59 Å². The summed E-state index contributed by atoms with van der Waals surface area (Å²) in [6, 6.07) is 14.7. The van der Waals surface area contributed by atoms with Gasteiger partial charge in [0.2, 0.25) is 11.8 Å². The van der Waals surface area contributed by atoms with Crippen LogP contribution in [0.15, 0.2) is 59.6 Å². The molecular weight excluding hydrogens is 356 g/mol. The minimum atomic E-state index is -0.574. The fraction of sp³-hybridized carbons (Fsp3) is 0.118. The quantitative estimate of drug-likeness (QED) is 0.620. The Morgan fingerprint density at radius 1 is 1.19 bits per heavy atom. The molecule has 9 heteroatoms. The first kappa shape index (κ1) is 17.6. The normalized spacial score (nSPS) is 17.8. The van der Waals surface area contributed by atoms with Crippen molar-refractivity contribution in [2.45, 2.75) is 11.7 Å². The molecule has 3 rings (SSSR count). The van der Waals surface area contributed by atoms with Gasteiger partial charge < -0.3 is 10.6 Å². The number of aliphatic imine (C=N–C) groups is 1. The zero-order chi connectivity index (χ0) is 18.5. The molecule has 2 aromatic carbocycles. The Hall–Kier alpha value is -3.20. The van der Waals surface area contributed by atoms with Crippen LogP contribution in [0.1, 0.15) is 6.42 Å². The van der Waals surface area contributed by atoms with Crippen LogP contribution in [-0.4, -0.2) is 27.2 Å². The van der Waals surface area contributed by atoms with Crippen LogP contribution in [0.3, 0.4) is 0 Å². The number of rotatable bonds is 5. The van der Waals surface area contributed by atoms with Gasteiger partial charge in [-0.3, -0.25) is 19.7 Å². The number of hydrogen-bond donors (Lipinski definition) is 2. The third-order valence-corrected chi connectivity index (χ3v) is 4.58. The second kappa shape index (κ2) is 7.79. The highest BCUT2D eigenvalue weighted by Gasteiger charge is 2.32. The van der Waals surface area contributed by atoms with E-state index < -0.39 is 10.2 Å². The van der Waals surface area contributed by atoms with Crippen LogP contribution in [0.5, 0.6) is 0 Å². The zero-order valence-corrected chi connectivity index (χ0v) is 14.2. The number of nitro benzene ring substituents is 1. The summed E-state index contributed by atoms with van der Waals surface area (Å²) in [7, 11) is 0. The Balaban J connectivity index is 1.58. The summed E-state index contributed by atoms with van der Waals surface area (Å²) in [5.41, 5.74) is 1.09. The van der Waals surface area contributed by atoms with Crippen LogP contribution in [0, 0.1) is 10.1 Å². The van der Waals surface area contributed by atoms with Gasteiger partial charge in [0, 0.05) is 24.2 Å². The lowest BCUT2D eigenvalue weighted by Gasteiger charge is -2.07. The molecule has 1 atom stereocenters. The SMILES string of the molecule is O=C(C[C@H]1SC(=Nc2ccccc2)NC1=O)Nc1ccc([N+](=O)[O-])cc1. The lowest BCUT2D eigenvalue weighted by atomic mass is 10.2. The molecule has 0 bridgehead atoms. The van der Waals surface area contributed by atoms with Crippen LogP contribution >= 0.6 is 11.8 Å². The van der Waals surface area contributed by atoms with Gasteiger partial charge in [0.05, 0.1) is 10.6 Å². The number of thioether (sulfide) groups is 1. The maximum Gasteiger partial charge on any atom is 0.269 e. The molecule has 1 saturated heterocycles. The highest BCUT2D eigenvalue weighted by atomic mass is 32.2. The maximum atomic E-state index is 12.1. The first-order valence-corrected chi connectivity index (χ1v) is 8.55.